The van der Waals surface area contributed by atoms with Crippen LogP contribution in [0.2, 0.25) is 0 Å². The van der Waals surface area contributed by atoms with Crippen molar-refractivity contribution in [3.63, 3.8) is 0 Å². The lowest BCUT2D eigenvalue weighted by Gasteiger charge is -2.43. The summed E-state index contributed by atoms with van der Waals surface area (Å²) in [4.78, 5) is 83.6. The average molecular weight is 665 g/mol. The predicted octanol–water partition coefficient (Wildman–Crippen LogP) is -5.26. The van der Waals surface area contributed by atoms with Crippen LogP contribution < -0.4 is 32.7 Å². The van der Waals surface area contributed by atoms with Crippen molar-refractivity contribution >= 4 is 41.5 Å². The minimum absolute atomic E-state index is 0.0789. The van der Waals surface area contributed by atoms with Crippen LogP contribution in [0.25, 0.3) is 0 Å². The van der Waals surface area contributed by atoms with E-state index in [0.29, 0.717) is 0 Å². The number of ether oxygens (including phenoxy) is 2. The van der Waals surface area contributed by atoms with Gasteiger partial charge >= 0.3 is 11.9 Å². The molecule has 1 fully saturated rings. The van der Waals surface area contributed by atoms with Gasteiger partial charge in [0.1, 0.15) is 48.6 Å². The van der Waals surface area contributed by atoms with Gasteiger partial charge in [0.2, 0.25) is 29.5 Å². The molecule has 0 bridgehead atoms. The minimum Gasteiger partial charge on any atom is -0.480 e. The van der Waals surface area contributed by atoms with E-state index in [-0.39, 0.29) is 19.3 Å². The van der Waals surface area contributed by atoms with Crippen molar-refractivity contribution in [1.82, 2.24) is 21.3 Å². The van der Waals surface area contributed by atoms with Gasteiger partial charge in [-0.1, -0.05) is 0 Å². The Morgan fingerprint density at radius 2 is 1.48 bits per heavy atom. The number of carbonyl (C=O) groups is 7. The van der Waals surface area contributed by atoms with Gasteiger partial charge in [-0.3, -0.25) is 24.0 Å². The molecule has 13 N–H and O–H groups in total. The number of carboxylic acid groups (broad SMARTS) is 2. The molecule has 20 heteroatoms. The number of aliphatic hydroxyl groups is 3. The highest BCUT2D eigenvalue weighted by Gasteiger charge is 2.47. The molecule has 1 aliphatic rings. The quantitative estimate of drug-likeness (QED) is 0.0614. The highest BCUT2D eigenvalue weighted by Crippen LogP contribution is 2.23. The number of nitrogens with two attached hydrogens (primary N) is 2. The van der Waals surface area contributed by atoms with Crippen molar-refractivity contribution in [2.45, 2.75) is 114 Å². The predicted molar refractivity (Wildman–Crippen MR) is 153 cm³/mol. The second-order valence-electron chi connectivity index (χ2n) is 10.8. The molecule has 0 aliphatic carbocycles. The molecule has 1 rings (SSSR count). The molecule has 0 radical (unpaired) electrons. The third-order valence-corrected chi connectivity index (χ3v) is 7.01. The molecule has 20 nitrogen and oxygen atoms in total. The van der Waals surface area contributed by atoms with Gasteiger partial charge in [0.05, 0.1) is 12.6 Å². The van der Waals surface area contributed by atoms with Crippen LogP contribution >= 0.6 is 0 Å². The lowest BCUT2D eigenvalue weighted by Crippen LogP contribution is -2.65. The van der Waals surface area contributed by atoms with Gasteiger partial charge in [0.15, 0.2) is 6.29 Å². The molecule has 0 aromatic rings. The second-order valence-corrected chi connectivity index (χ2v) is 10.8. The molecule has 262 valence electrons. The number of amides is 5. The number of aliphatic hydroxyl groups excluding tert-OH is 3. The fourth-order valence-corrected chi connectivity index (χ4v) is 4.37. The summed E-state index contributed by atoms with van der Waals surface area (Å²) in [5, 5.41) is 58.1. The van der Waals surface area contributed by atoms with Gasteiger partial charge in [-0.25, -0.2) is 9.59 Å². The second kappa shape index (κ2) is 18.9. The maximum absolute atomic E-state index is 12.8. The molecule has 0 aromatic carbocycles. The van der Waals surface area contributed by atoms with Crippen molar-refractivity contribution in [3.05, 3.63) is 0 Å². The number of nitrogens with one attached hydrogen (secondary N) is 4. The van der Waals surface area contributed by atoms with Crippen LogP contribution in [0, 0.1) is 0 Å². The highest BCUT2D eigenvalue weighted by atomic mass is 16.6. The first-order valence-corrected chi connectivity index (χ1v) is 14.3. The van der Waals surface area contributed by atoms with E-state index < -0.39 is 122 Å². The Hall–Kier alpha value is -3.95. The Labute approximate surface area is 263 Å². The fourth-order valence-electron chi connectivity index (χ4n) is 4.37. The number of primary amides is 1. The van der Waals surface area contributed by atoms with Crippen molar-refractivity contribution in [2.75, 3.05) is 6.61 Å². The Bertz CT molecular complexity index is 1110. The van der Waals surface area contributed by atoms with Crippen LogP contribution in [0.1, 0.15) is 52.9 Å². The monoisotopic (exact) mass is 664 g/mol. The summed E-state index contributed by atoms with van der Waals surface area (Å²) in [7, 11) is 0. The molecular formula is C26H44N6O14. The first-order chi connectivity index (χ1) is 21.4. The van der Waals surface area contributed by atoms with E-state index in [1.54, 1.807) is 0 Å². The van der Waals surface area contributed by atoms with Gasteiger partial charge in [-0.15, -0.1) is 0 Å². The largest absolute Gasteiger partial charge is 0.480 e. The number of hydrogen-bond donors (Lipinski definition) is 11. The fraction of sp³-hybridized carbons (Fsp3) is 0.731. The van der Waals surface area contributed by atoms with Crippen LogP contribution in [0.15, 0.2) is 0 Å². The summed E-state index contributed by atoms with van der Waals surface area (Å²) in [5.74, 6) is -6.94. The summed E-state index contributed by atoms with van der Waals surface area (Å²) < 4.78 is 10.6. The van der Waals surface area contributed by atoms with Crippen LogP contribution in [0.5, 0.6) is 0 Å². The maximum atomic E-state index is 12.8. The summed E-state index contributed by atoms with van der Waals surface area (Å²) in [5.41, 5.74) is 10.5. The van der Waals surface area contributed by atoms with Crippen molar-refractivity contribution in [1.29, 1.82) is 0 Å². The number of hydrogen-bond acceptors (Lipinski definition) is 13. The molecule has 0 spiro atoms. The van der Waals surface area contributed by atoms with Crippen molar-refractivity contribution < 1.29 is 68.6 Å². The van der Waals surface area contributed by atoms with E-state index in [1.807, 2.05) is 0 Å². The molecule has 46 heavy (non-hydrogen) atoms. The topological polar surface area (TPSA) is 339 Å². The van der Waals surface area contributed by atoms with Gasteiger partial charge in [-0.2, -0.15) is 0 Å². The maximum Gasteiger partial charge on any atom is 0.326 e. The lowest BCUT2D eigenvalue weighted by molar-refractivity contribution is -0.266. The Morgan fingerprint density at radius 3 is 2.00 bits per heavy atom. The summed E-state index contributed by atoms with van der Waals surface area (Å²) in [6.07, 6.45) is -8.18. The Kier molecular flexibility index (Phi) is 16.5. The molecule has 0 saturated carbocycles. The number of carboxylic acids is 2. The van der Waals surface area contributed by atoms with Gasteiger partial charge < -0.3 is 67.7 Å². The molecule has 10 atom stereocenters. The van der Waals surface area contributed by atoms with E-state index >= 15 is 0 Å². The van der Waals surface area contributed by atoms with E-state index in [4.69, 9.17) is 20.9 Å². The number of rotatable bonds is 19. The minimum atomic E-state index is -1.70. The first-order valence-electron chi connectivity index (χ1n) is 14.3. The highest BCUT2D eigenvalue weighted by molar-refractivity contribution is 5.91. The standard InChI is InChI=1S/C26H44N6O14/c1-10(29-23(39)11(2)45-20-18(30-12(3)34)26(44)46-16(9-33)19(20)36)22(38)32-15(25(42)43)7-8-17(35)31-14(24(40)41)6-4-5-13(27)21(28)37/h10-11,13-16,18-20,26,33,36,44H,4-9,27H2,1-3H3,(H2,28,37)(H,29,39)(H,30,34)(H,31,35)(H,32,38)(H,40,41)(H,42,43)/t10-,11+,13+,14+,15+,16+,18+,19+,20+,26?/m0/s1. The molecular weight excluding hydrogens is 620 g/mol. The smallest absolute Gasteiger partial charge is 0.326 e. The van der Waals surface area contributed by atoms with Gasteiger partial charge in [0, 0.05) is 13.3 Å². The van der Waals surface area contributed by atoms with Gasteiger partial charge in [0.25, 0.3) is 0 Å². The average Bonchev–Trinajstić information content (AvgIpc) is 2.96. The molecule has 5 amide bonds. The normalized spacial score (nSPS) is 24.3. The molecule has 1 unspecified atom stereocenters. The van der Waals surface area contributed by atoms with Gasteiger partial charge in [-0.05, 0) is 39.5 Å². The van der Waals surface area contributed by atoms with E-state index in [9.17, 15) is 59.1 Å². The zero-order chi connectivity index (χ0) is 35.3. The Balaban J connectivity index is 2.73. The van der Waals surface area contributed by atoms with E-state index in [1.165, 1.54) is 13.8 Å². The molecule has 0 aromatic heterocycles. The van der Waals surface area contributed by atoms with Crippen LogP contribution in [-0.2, 0) is 43.0 Å². The van der Waals surface area contributed by atoms with E-state index in [2.05, 4.69) is 21.3 Å². The lowest BCUT2D eigenvalue weighted by atomic mass is 9.96. The third kappa shape index (κ3) is 12.8. The molecule has 1 heterocycles. The number of aliphatic carboxylic acids is 2. The first kappa shape index (κ1) is 40.1. The van der Waals surface area contributed by atoms with Crippen LogP contribution in [0.4, 0.5) is 0 Å². The van der Waals surface area contributed by atoms with Crippen molar-refractivity contribution in [2.24, 2.45) is 11.5 Å². The summed E-state index contributed by atoms with van der Waals surface area (Å²) in [6, 6.07) is -6.59. The summed E-state index contributed by atoms with van der Waals surface area (Å²) in [6.45, 7) is 2.87. The van der Waals surface area contributed by atoms with Crippen molar-refractivity contribution in [3.8, 4) is 0 Å². The number of carbonyl (C=O) groups excluding carboxylic acids is 5. The molecule has 1 aliphatic heterocycles. The summed E-state index contributed by atoms with van der Waals surface area (Å²) >= 11 is 0. The van der Waals surface area contributed by atoms with Crippen LogP contribution in [-0.4, -0.2) is 135 Å². The zero-order valence-electron chi connectivity index (χ0n) is 25.6. The van der Waals surface area contributed by atoms with E-state index in [0.717, 1.165) is 6.92 Å². The SMILES string of the molecule is CC(=O)N[C@H]1C(O)O[C@H](CO)[C@@H](O)[C@@H]1O[C@H](C)C(=O)N[C@@H](C)C(=O)N[C@H](CCC(=O)N[C@H](CCC[C@@H](N)C(N)=O)C(=O)O)C(=O)O. The zero-order valence-corrected chi connectivity index (χ0v) is 25.6. The molecule has 1 saturated heterocycles. The third-order valence-electron chi connectivity index (χ3n) is 7.01. The van der Waals surface area contributed by atoms with Crippen LogP contribution in [0.3, 0.4) is 0 Å². The Morgan fingerprint density at radius 1 is 0.891 bits per heavy atom.